The minimum absolute atomic E-state index is 0.283. The van der Waals surface area contributed by atoms with Gasteiger partial charge in [-0.2, -0.15) is 0 Å². The predicted molar refractivity (Wildman–Crippen MR) is 76.9 cm³/mol. The Kier molecular flexibility index (Phi) is 6.74. The van der Waals surface area contributed by atoms with Crippen molar-refractivity contribution in [3.8, 4) is 5.75 Å². The molecule has 0 aliphatic carbocycles. The number of hydrogen-bond donors (Lipinski definition) is 2. The SMILES string of the molecule is CCCCN(CCOc1ccc(N)cc1)CC(N)=O. The van der Waals surface area contributed by atoms with Crippen molar-refractivity contribution in [3.63, 3.8) is 0 Å². The van der Waals surface area contributed by atoms with Gasteiger partial charge in [-0.1, -0.05) is 13.3 Å². The van der Waals surface area contributed by atoms with Crippen molar-refractivity contribution < 1.29 is 9.53 Å². The Morgan fingerprint density at radius 2 is 1.95 bits per heavy atom. The van der Waals surface area contributed by atoms with E-state index in [-0.39, 0.29) is 12.5 Å². The normalized spacial score (nSPS) is 10.6. The second-order valence-electron chi connectivity index (χ2n) is 4.51. The number of ether oxygens (including phenoxy) is 1. The molecule has 0 bridgehead atoms. The van der Waals surface area contributed by atoms with Crippen molar-refractivity contribution >= 4 is 11.6 Å². The number of benzene rings is 1. The van der Waals surface area contributed by atoms with Crippen LogP contribution >= 0.6 is 0 Å². The van der Waals surface area contributed by atoms with E-state index in [0.29, 0.717) is 18.8 Å². The molecule has 1 aromatic carbocycles. The summed E-state index contributed by atoms with van der Waals surface area (Å²) in [5.74, 6) is 0.479. The van der Waals surface area contributed by atoms with Gasteiger partial charge in [0.2, 0.25) is 5.91 Å². The van der Waals surface area contributed by atoms with Gasteiger partial charge in [0, 0.05) is 12.2 Å². The van der Waals surface area contributed by atoms with Gasteiger partial charge in [-0.15, -0.1) is 0 Å². The number of carbonyl (C=O) groups excluding carboxylic acids is 1. The van der Waals surface area contributed by atoms with Crippen LogP contribution in [0.1, 0.15) is 19.8 Å². The van der Waals surface area contributed by atoms with Crippen LogP contribution in [0, 0.1) is 0 Å². The molecule has 0 aromatic heterocycles. The third kappa shape index (κ3) is 6.67. The number of hydrogen-bond acceptors (Lipinski definition) is 4. The molecule has 0 unspecified atom stereocenters. The maximum atomic E-state index is 11.0. The number of carbonyl (C=O) groups is 1. The first-order valence-electron chi connectivity index (χ1n) is 6.60. The average molecular weight is 265 g/mol. The van der Waals surface area contributed by atoms with E-state index < -0.39 is 0 Å². The second-order valence-corrected chi connectivity index (χ2v) is 4.51. The smallest absolute Gasteiger partial charge is 0.231 e. The zero-order chi connectivity index (χ0) is 14.1. The van der Waals surface area contributed by atoms with E-state index in [1.807, 2.05) is 17.0 Å². The molecule has 0 saturated heterocycles. The van der Waals surface area contributed by atoms with Gasteiger partial charge in [-0.3, -0.25) is 9.69 Å². The molecule has 0 radical (unpaired) electrons. The Morgan fingerprint density at radius 1 is 1.26 bits per heavy atom. The molecule has 4 N–H and O–H groups in total. The van der Waals surface area contributed by atoms with Crippen molar-refractivity contribution in [1.29, 1.82) is 0 Å². The fourth-order valence-electron chi connectivity index (χ4n) is 1.73. The first-order valence-corrected chi connectivity index (χ1v) is 6.60. The van der Waals surface area contributed by atoms with E-state index in [1.54, 1.807) is 12.1 Å². The summed E-state index contributed by atoms with van der Waals surface area (Å²) in [4.78, 5) is 13.0. The number of primary amides is 1. The van der Waals surface area contributed by atoms with E-state index in [1.165, 1.54) is 0 Å². The van der Waals surface area contributed by atoms with E-state index >= 15 is 0 Å². The Hall–Kier alpha value is -1.75. The summed E-state index contributed by atoms with van der Waals surface area (Å²) in [5, 5.41) is 0. The van der Waals surface area contributed by atoms with E-state index in [0.717, 1.165) is 25.1 Å². The lowest BCUT2D eigenvalue weighted by Crippen LogP contribution is -2.37. The van der Waals surface area contributed by atoms with Crippen LogP contribution in [0.25, 0.3) is 0 Å². The molecule has 0 spiro atoms. The number of amides is 1. The van der Waals surface area contributed by atoms with Crippen LogP contribution in [0.5, 0.6) is 5.75 Å². The van der Waals surface area contributed by atoms with Crippen LogP contribution in [0.2, 0.25) is 0 Å². The minimum Gasteiger partial charge on any atom is -0.492 e. The zero-order valence-electron chi connectivity index (χ0n) is 11.5. The molecule has 19 heavy (non-hydrogen) atoms. The fourth-order valence-corrected chi connectivity index (χ4v) is 1.73. The van der Waals surface area contributed by atoms with Crippen molar-refractivity contribution in [2.75, 3.05) is 32.0 Å². The molecule has 1 amide bonds. The summed E-state index contributed by atoms with van der Waals surface area (Å²) in [7, 11) is 0. The van der Waals surface area contributed by atoms with Crippen LogP contribution in [-0.2, 0) is 4.79 Å². The summed E-state index contributed by atoms with van der Waals surface area (Å²) in [5.41, 5.74) is 11.5. The average Bonchev–Trinajstić information content (AvgIpc) is 2.37. The molecular weight excluding hydrogens is 242 g/mol. The molecule has 0 aliphatic rings. The minimum atomic E-state index is -0.302. The number of nitrogen functional groups attached to an aromatic ring is 1. The van der Waals surface area contributed by atoms with Crippen molar-refractivity contribution in [2.24, 2.45) is 5.73 Å². The molecule has 1 rings (SSSR count). The summed E-state index contributed by atoms with van der Waals surface area (Å²) in [6.45, 7) is 4.48. The quantitative estimate of drug-likeness (QED) is 0.658. The van der Waals surface area contributed by atoms with E-state index in [9.17, 15) is 4.79 Å². The first-order chi connectivity index (χ1) is 9.11. The van der Waals surface area contributed by atoms with Crippen LogP contribution < -0.4 is 16.2 Å². The molecule has 5 nitrogen and oxygen atoms in total. The van der Waals surface area contributed by atoms with Crippen LogP contribution in [0.4, 0.5) is 5.69 Å². The Balaban J connectivity index is 2.34. The van der Waals surface area contributed by atoms with Gasteiger partial charge in [0.15, 0.2) is 0 Å². The molecule has 0 aliphatic heterocycles. The van der Waals surface area contributed by atoms with E-state index in [4.69, 9.17) is 16.2 Å². The van der Waals surface area contributed by atoms with Crippen LogP contribution in [-0.4, -0.2) is 37.0 Å². The standard InChI is InChI=1S/C14H23N3O2/c1-2-3-8-17(11-14(16)18)9-10-19-13-6-4-12(15)5-7-13/h4-7H,2-3,8-11,15H2,1H3,(H2,16,18). The molecule has 5 heteroatoms. The van der Waals surface area contributed by atoms with Crippen molar-refractivity contribution in [3.05, 3.63) is 24.3 Å². The van der Waals surface area contributed by atoms with Gasteiger partial charge in [0.05, 0.1) is 6.54 Å². The lowest BCUT2D eigenvalue weighted by atomic mass is 10.3. The highest BCUT2D eigenvalue weighted by atomic mass is 16.5. The highest BCUT2D eigenvalue weighted by molar-refractivity contribution is 5.75. The van der Waals surface area contributed by atoms with Gasteiger partial charge in [-0.05, 0) is 37.2 Å². The van der Waals surface area contributed by atoms with Crippen LogP contribution in [0.15, 0.2) is 24.3 Å². The lowest BCUT2D eigenvalue weighted by molar-refractivity contribution is -0.119. The first kappa shape index (κ1) is 15.3. The Labute approximate surface area is 114 Å². The highest BCUT2D eigenvalue weighted by Gasteiger charge is 2.07. The fraction of sp³-hybridized carbons (Fsp3) is 0.500. The zero-order valence-corrected chi connectivity index (χ0v) is 11.5. The van der Waals surface area contributed by atoms with Gasteiger partial charge in [0.25, 0.3) is 0 Å². The van der Waals surface area contributed by atoms with Gasteiger partial charge in [-0.25, -0.2) is 0 Å². The topological polar surface area (TPSA) is 81.6 Å². The molecule has 0 fully saturated rings. The highest BCUT2D eigenvalue weighted by Crippen LogP contribution is 2.12. The van der Waals surface area contributed by atoms with E-state index in [2.05, 4.69) is 6.92 Å². The molecule has 0 atom stereocenters. The van der Waals surface area contributed by atoms with Gasteiger partial charge >= 0.3 is 0 Å². The van der Waals surface area contributed by atoms with Crippen LogP contribution in [0.3, 0.4) is 0 Å². The van der Waals surface area contributed by atoms with Crippen molar-refractivity contribution in [1.82, 2.24) is 4.90 Å². The number of nitrogens with two attached hydrogens (primary N) is 2. The number of anilines is 1. The lowest BCUT2D eigenvalue weighted by Gasteiger charge is -2.20. The molecule has 1 aromatic rings. The molecular formula is C14H23N3O2. The maximum absolute atomic E-state index is 11.0. The summed E-state index contributed by atoms with van der Waals surface area (Å²) >= 11 is 0. The number of rotatable bonds is 9. The Morgan fingerprint density at radius 3 is 2.53 bits per heavy atom. The number of nitrogens with zero attached hydrogens (tertiary/aromatic N) is 1. The summed E-state index contributed by atoms with van der Waals surface area (Å²) in [6.07, 6.45) is 2.14. The number of unbranched alkanes of at least 4 members (excludes halogenated alkanes) is 1. The maximum Gasteiger partial charge on any atom is 0.231 e. The second kappa shape index (κ2) is 8.37. The summed E-state index contributed by atoms with van der Waals surface area (Å²) in [6, 6.07) is 7.26. The molecule has 106 valence electrons. The Bertz CT molecular complexity index is 379. The third-order valence-electron chi connectivity index (χ3n) is 2.76. The molecule has 0 saturated carbocycles. The largest absolute Gasteiger partial charge is 0.492 e. The van der Waals surface area contributed by atoms with Crippen molar-refractivity contribution in [2.45, 2.75) is 19.8 Å². The monoisotopic (exact) mass is 265 g/mol. The third-order valence-corrected chi connectivity index (χ3v) is 2.76. The summed E-state index contributed by atoms with van der Waals surface area (Å²) < 4.78 is 5.60. The molecule has 0 heterocycles. The van der Waals surface area contributed by atoms with Gasteiger partial charge < -0.3 is 16.2 Å². The van der Waals surface area contributed by atoms with Gasteiger partial charge in [0.1, 0.15) is 12.4 Å². The predicted octanol–water partition coefficient (Wildman–Crippen LogP) is 1.24.